The van der Waals surface area contributed by atoms with Crippen molar-refractivity contribution in [3.63, 3.8) is 0 Å². The smallest absolute Gasteiger partial charge is 0.102 e. The van der Waals surface area contributed by atoms with Crippen molar-refractivity contribution >= 4 is 0 Å². The summed E-state index contributed by atoms with van der Waals surface area (Å²) in [6.45, 7) is 15.8. The lowest BCUT2D eigenvalue weighted by atomic mass is 9.46. The van der Waals surface area contributed by atoms with E-state index in [-0.39, 0.29) is 23.7 Å². The maximum atomic E-state index is 11.3. The highest BCUT2D eigenvalue weighted by molar-refractivity contribution is 5.29. The second-order valence-electron chi connectivity index (χ2n) is 14.9. The van der Waals surface area contributed by atoms with Crippen molar-refractivity contribution in [2.24, 2.45) is 40.4 Å². The predicted molar refractivity (Wildman–Crippen MR) is 147 cm³/mol. The highest BCUT2D eigenvalue weighted by atomic mass is 16.5. The van der Waals surface area contributed by atoms with Gasteiger partial charge in [-0.05, 0) is 125 Å². The van der Waals surface area contributed by atoms with E-state index in [1.807, 2.05) is 7.11 Å². The molecule has 0 aromatic carbocycles. The van der Waals surface area contributed by atoms with E-state index in [0.29, 0.717) is 11.3 Å². The number of rotatable bonds is 9. The molecule has 4 rings (SSSR count). The number of methoxy groups -OCH3 is 1. The van der Waals surface area contributed by atoms with Crippen molar-refractivity contribution in [3.05, 3.63) is 11.6 Å². The van der Waals surface area contributed by atoms with Crippen LogP contribution in [0.3, 0.4) is 0 Å². The molecule has 208 valence electrons. The monoisotopic (exact) mass is 504 g/mol. The molecule has 0 aromatic rings. The third kappa shape index (κ3) is 5.36. The third-order valence-corrected chi connectivity index (χ3v) is 11.5. The number of fused-ring (bicyclic) bond motifs is 5. The van der Waals surface area contributed by atoms with Crippen LogP contribution >= 0.6 is 0 Å². The fourth-order valence-corrected chi connectivity index (χ4v) is 9.32. The molecule has 0 aromatic heterocycles. The second kappa shape index (κ2) is 10.3. The third-order valence-electron chi connectivity index (χ3n) is 11.5. The molecule has 0 heterocycles. The van der Waals surface area contributed by atoms with Gasteiger partial charge in [-0.25, -0.2) is 0 Å². The van der Waals surface area contributed by atoms with Crippen LogP contribution in [-0.4, -0.2) is 47.3 Å². The Morgan fingerprint density at radius 3 is 2.44 bits per heavy atom. The molecule has 3 saturated carbocycles. The average molecular weight is 505 g/mol. The SMILES string of the molecule is COC(C)(C)CCC[C@@H](C)[C@H]1CC[C@H]2[C@@H]3CC=C4[C@@H](O)[C@@H](OCC(C)(C)O)CC[C@]4(C)[C@H]3CC[C@]12C. The van der Waals surface area contributed by atoms with E-state index >= 15 is 0 Å². The summed E-state index contributed by atoms with van der Waals surface area (Å²) in [5, 5.41) is 21.5. The van der Waals surface area contributed by atoms with Crippen LogP contribution in [0.4, 0.5) is 0 Å². The Bertz CT molecular complexity index is 796. The molecule has 9 atom stereocenters. The van der Waals surface area contributed by atoms with Gasteiger partial charge in [-0.1, -0.05) is 39.7 Å². The van der Waals surface area contributed by atoms with Crippen LogP contribution in [0.2, 0.25) is 0 Å². The van der Waals surface area contributed by atoms with Crippen molar-refractivity contribution in [1.82, 2.24) is 0 Å². The van der Waals surface area contributed by atoms with Gasteiger partial charge in [0.1, 0.15) is 6.10 Å². The van der Waals surface area contributed by atoms with Crippen LogP contribution < -0.4 is 0 Å². The molecule has 4 aliphatic rings. The minimum Gasteiger partial charge on any atom is -0.388 e. The minimum atomic E-state index is -0.865. The van der Waals surface area contributed by atoms with Gasteiger partial charge in [0.15, 0.2) is 0 Å². The maximum absolute atomic E-state index is 11.3. The fourth-order valence-electron chi connectivity index (χ4n) is 9.32. The molecule has 0 saturated heterocycles. The lowest BCUT2D eigenvalue weighted by molar-refractivity contribution is -0.120. The lowest BCUT2D eigenvalue weighted by Crippen LogP contribution is -2.54. The number of aliphatic hydroxyl groups excluding tert-OH is 1. The van der Waals surface area contributed by atoms with Crippen LogP contribution in [0.1, 0.15) is 113 Å². The second-order valence-corrected chi connectivity index (χ2v) is 14.9. The van der Waals surface area contributed by atoms with E-state index in [1.165, 1.54) is 44.1 Å². The molecule has 4 heteroatoms. The zero-order valence-electron chi connectivity index (χ0n) is 24.6. The predicted octanol–water partition coefficient (Wildman–Crippen LogP) is 6.92. The molecule has 0 unspecified atom stereocenters. The standard InChI is InChI=1S/C32H56O4/c1-21(10-9-17-30(4,5)35-8)23-13-14-24-22-11-12-26-28(33)27(36-20-29(2,3)34)16-19-32(26,7)25(22)15-18-31(23,24)6/h12,21-25,27-28,33-34H,9-11,13-20H2,1-8H3/t21-,22+,23-,24+,25+,27+,28-,31-,32-/m1/s1. The summed E-state index contributed by atoms with van der Waals surface area (Å²) in [6, 6.07) is 0. The van der Waals surface area contributed by atoms with Crippen molar-refractivity contribution < 1.29 is 19.7 Å². The van der Waals surface area contributed by atoms with Crippen LogP contribution in [0.25, 0.3) is 0 Å². The van der Waals surface area contributed by atoms with Gasteiger partial charge in [0, 0.05) is 7.11 Å². The summed E-state index contributed by atoms with van der Waals surface area (Å²) < 4.78 is 11.7. The van der Waals surface area contributed by atoms with Crippen molar-refractivity contribution in [3.8, 4) is 0 Å². The molecule has 0 bridgehead atoms. The zero-order chi connectivity index (χ0) is 26.5. The van der Waals surface area contributed by atoms with Crippen molar-refractivity contribution in [2.75, 3.05) is 13.7 Å². The molecule has 2 N–H and O–H groups in total. The van der Waals surface area contributed by atoms with Gasteiger partial charge in [0.05, 0.1) is 23.9 Å². The summed E-state index contributed by atoms with van der Waals surface area (Å²) in [7, 11) is 1.84. The number of hydrogen-bond donors (Lipinski definition) is 2. The summed E-state index contributed by atoms with van der Waals surface area (Å²) in [4.78, 5) is 0. The Hall–Kier alpha value is -0.420. The normalized spacial score (nSPS) is 41.8. The fraction of sp³-hybridized carbons (Fsp3) is 0.938. The minimum absolute atomic E-state index is 0.00954. The molecular formula is C32H56O4. The highest BCUT2D eigenvalue weighted by Gasteiger charge is 2.60. The summed E-state index contributed by atoms with van der Waals surface area (Å²) in [5.41, 5.74) is 0.919. The summed E-state index contributed by atoms with van der Waals surface area (Å²) >= 11 is 0. The Balaban J connectivity index is 1.44. The van der Waals surface area contributed by atoms with Gasteiger partial charge in [0.2, 0.25) is 0 Å². The van der Waals surface area contributed by atoms with Gasteiger partial charge in [-0.3, -0.25) is 0 Å². The first-order valence-corrected chi connectivity index (χ1v) is 15.0. The van der Waals surface area contributed by atoms with Gasteiger partial charge < -0.3 is 19.7 Å². The highest BCUT2D eigenvalue weighted by Crippen LogP contribution is 2.67. The Morgan fingerprint density at radius 1 is 1.06 bits per heavy atom. The summed E-state index contributed by atoms with van der Waals surface area (Å²) in [6.07, 6.45) is 13.9. The van der Waals surface area contributed by atoms with E-state index in [9.17, 15) is 10.2 Å². The molecule has 0 spiro atoms. The zero-order valence-corrected chi connectivity index (χ0v) is 24.6. The summed E-state index contributed by atoms with van der Waals surface area (Å²) in [5.74, 6) is 3.86. The first-order valence-electron chi connectivity index (χ1n) is 15.0. The number of allylic oxidation sites excluding steroid dienone is 1. The van der Waals surface area contributed by atoms with Crippen LogP contribution in [0.5, 0.6) is 0 Å². The van der Waals surface area contributed by atoms with E-state index in [2.05, 4.69) is 40.7 Å². The van der Waals surface area contributed by atoms with Crippen molar-refractivity contribution in [2.45, 2.75) is 136 Å². The first kappa shape index (κ1) is 28.6. The molecule has 3 fully saturated rings. The first-order chi connectivity index (χ1) is 16.7. The van der Waals surface area contributed by atoms with Gasteiger partial charge in [-0.2, -0.15) is 0 Å². The van der Waals surface area contributed by atoms with E-state index in [1.54, 1.807) is 13.8 Å². The molecule has 4 aliphatic carbocycles. The number of aliphatic hydroxyl groups is 2. The van der Waals surface area contributed by atoms with Gasteiger partial charge >= 0.3 is 0 Å². The van der Waals surface area contributed by atoms with Crippen LogP contribution in [-0.2, 0) is 9.47 Å². The molecular weight excluding hydrogens is 448 g/mol. The van der Waals surface area contributed by atoms with Crippen LogP contribution in [0.15, 0.2) is 11.6 Å². The molecule has 0 aliphatic heterocycles. The van der Waals surface area contributed by atoms with E-state index < -0.39 is 11.7 Å². The molecule has 36 heavy (non-hydrogen) atoms. The molecule has 0 amide bonds. The number of hydrogen-bond acceptors (Lipinski definition) is 4. The average Bonchev–Trinajstić information content (AvgIpc) is 3.15. The largest absolute Gasteiger partial charge is 0.388 e. The number of ether oxygens (including phenoxy) is 2. The Morgan fingerprint density at radius 2 is 1.78 bits per heavy atom. The molecule has 0 radical (unpaired) electrons. The van der Waals surface area contributed by atoms with E-state index in [0.717, 1.165) is 49.4 Å². The lowest BCUT2D eigenvalue weighted by Gasteiger charge is -2.59. The van der Waals surface area contributed by atoms with E-state index in [4.69, 9.17) is 9.47 Å². The van der Waals surface area contributed by atoms with Gasteiger partial charge in [-0.15, -0.1) is 0 Å². The Labute approximate surface area is 221 Å². The molecule has 4 nitrogen and oxygen atoms in total. The quantitative estimate of drug-likeness (QED) is 0.335. The maximum Gasteiger partial charge on any atom is 0.102 e. The topological polar surface area (TPSA) is 58.9 Å². The van der Waals surface area contributed by atoms with Gasteiger partial charge in [0.25, 0.3) is 0 Å². The van der Waals surface area contributed by atoms with Crippen LogP contribution in [0, 0.1) is 40.4 Å². The Kier molecular flexibility index (Phi) is 8.16. The van der Waals surface area contributed by atoms with Crippen molar-refractivity contribution in [1.29, 1.82) is 0 Å².